The highest BCUT2D eigenvalue weighted by Crippen LogP contribution is 2.40. The van der Waals surface area contributed by atoms with Gasteiger partial charge in [-0.3, -0.25) is 0 Å². The van der Waals surface area contributed by atoms with Gasteiger partial charge in [-0.1, -0.05) is 115 Å². The molecule has 0 aliphatic carbocycles. The van der Waals surface area contributed by atoms with Gasteiger partial charge in [0.25, 0.3) is 0 Å². The number of nitrogens with one attached hydrogen (secondary N) is 2. The summed E-state index contributed by atoms with van der Waals surface area (Å²) in [5.74, 6) is 0.390. The van der Waals surface area contributed by atoms with Crippen LogP contribution in [0.1, 0.15) is 83.2 Å². The van der Waals surface area contributed by atoms with Crippen LogP contribution in [-0.4, -0.2) is 17.7 Å². The van der Waals surface area contributed by atoms with Crippen molar-refractivity contribution >= 4 is 34.9 Å². The molecule has 3 N–H and O–H groups in total. The molecule has 4 nitrogen and oxygen atoms in total. The highest BCUT2D eigenvalue weighted by Gasteiger charge is 2.27. The maximum atomic E-state index is 12.9. The van der Waals surface area contributed by atoms with E-state index in [1.807, 2.05) is 36.4 Å². The molecule has 0 unspecified atom stereocenters. The molecule has 0 aromatic heterocycles. The molecule has 6 heteroatoms. The van der Waals surface area contributed by atoms with Gasteiger partial charge in [-0.05, 0) is 69.7 Å². The van der Waals surface area contributed by atoms with Crippen LogP contribution in [0.3, 0.4) is 0 Å². The van der Waals surface area contributed by atoms with Gasteiger partial charge in [0.1, 0.15) is 5.75 Å². The number of para-hydroxylation sites is 1. The summed E-state index contributed by atoms with van der Waals surface area (Å²) in [5.41, 5.74) is 5.24. The lowest BCUT2D eigenvalue weighted by atomic mass is 9.78. The van der Waals surface area contributed by atoms with Crippen molar-refractivity contribution in [3.63, 3.8) is 0 Å². The van der Waals surface area contributed by atoms with E-state index in [-0.39, 0.29) is 22.3 Å². The van der Waals surface area contributed by atoms with Crippen LogP contribution in [0.5, 0.6) is 5.75 Å². The van der Waals surface area contributed by atoms with Gasteiger partial charge in [0.05, 0.1) is 10.0 Å². The molecule has 0 bridgehead atoms. The number of amides is 2. The Bertz CT molecular complexity index is 1300. The normalized spacial score (nSPS) is 12.4. The molecule has 0 atom stereocenters. The lowest BCUT2D eigenvalue weighted by Crippen LogP contribution is -2.39. The van der Waals surface area contributed by atoms with E-state index in [1.165, 1.54) is 5.56 Å². The number of phenols is 1. The number of anilines is 1. The molecule has 0 saturated heterocycles. The number of aryl methyl sites for hydroxylation is 2. The molecule has 0 heterocycles. The fourth-order valence-corrected chi connectivity index (χ4v) is 4.91. The van der Waals surface area contributed by atoms with Gasteiger partial charge in [-0.25, -0.2) is 4.79 Å². The number of aromatic hydroxyl groups is 1. The SMILES string of the molecule is CC(C)(C)c1cc(CCc2ccccc2NC(=O)NCC(C)(C)c2ccc(Cl)c(Cl)c2)cc(C(C)(C)C)c1O. The van der Waals surface area contributed by atoms with Gasteiger partial charge in [-0.15, -0.1) is 0 Å². The van der Waals surface area contributed by atoms with Crippen LogP contribution in [0, 0.1) is 0 Å². The fraction of sp³-hybridized carbons (Fsp3) is 0.424. The van der Waals surface area contributed by atoms with E-state index in [0.717, 1.165) is 40.8 Å². The summed E-state index contributed by atoms with van der Waals surface area (Å²) in [6.45, 7) is 17.3. The standard InChI is InChI=1S/C33H42Cl2N2O2/c1-31(2,3)24-17-21(18-25(29(24)38)32(4,5)6)13-14-22-11-9-10-12-28(22)37-30(39)36-20-33(7,8)23-15-16-26(34)27(35)19-23/h9-12,15-19,38H,13-14,20H2,1-8H3,(H2,36,37,39). The van der Waals surface area contributed by atoms with Gasteiger partial charge in [-0.2, -0.15) is 0 Å². The molecule has 0 radical (unpaired) electrons. The lowest BCUT2D eigenvalue weighted by molar-refractivity contribution is 0.249. The van der Waals surface area contributed by atoms with E-state index in [4.69, 9.17) is 23.2 Å². The molecule has 3 aromatic carbocycles. The summed E-state index contributed by atoms with van der Waals surface area (Å²) in [7, 11) is 0. The molecule has 0 aliphatic heterocycles. The zero-order valence-corrected chi connectivity index (χ0v) is 25.9. The third-order valence-corrected chi connectivity index (χ3v) is 7.87. The average Bonchev–Trinajstić information content (AvgIpc) is 2.83. The third-order valence-electron chi connectivity index (χ3n) is 7.13. The number of rotatable bonds is 7. The van der Waals surface area contributed by atoms with Crippen LogP contribution in [0.15, 0.2) is 54.6 Å². The Morgan fingerprint density at radius 1 is 0.795 bits per heavy atom. The van der Waals surface area contributed by atoms with E-state index >= 15 is 0 Å². The first-order valence-corrected chi connectivity index (χ1v) is 14.2. The van der Waals surface area contributed by atoms with Crippen LogP contribution in [0.4, 0.5) is 10.5 Å². The van der Waals surface area contributed by atoms with Crippen molar-refractivity contribution in [3.05, 3.63) is 92.5 Å². The van der Waals surface area contributed by atoms with Crippen molar-refractivity contribution in [2.45, 2.75) is 84.5 Å². The van der Waals surface area contributed by atoms with E-state index < -0.39 is 0 Å². The summed E-state index contributed by atoms with van der Waals surface area (Å²) in [4.78, 5) is 12.9. The van der Waals surface area contributed by atoms with Crippen LogP contribution in [-0.2, 0) is 29.1 Å². The highest BCUT2D eigenvalue weighted by atomic mass is 35.5. The maximum Gasteiger partial charge on any atom is 0.319 e. The van der Waals surface area contributed by atoms with Crippen molar-refractivity contribution in [2.75, 3.05) is 11.9 Å². The number of hydrogen-bond donors (Lipinski definition) is 3. The molecule has 0 spiro atoms. The minimum Gasteiger partial charge on any atom is -0.507 e. The lowest BCUT2D eigenvalue weighted by Gasteiger charge is -2.28. The second kappa shape index (κ2) is 11.8. The van der Waals surface area contributed by atoms with Gasteiger partial charge >= 0.3 is 6.03 Å². The minimum absolute atomic E-state index is 0.178. The number of carbonyl (C=O) groups is 1. The quantitative estimate of drug-likeness (QED) is 0.266. The predicted octanol–water partition coefficient (Wildman–Crippen LogP) is 9.18. The average molecular weight is 570 g/mol. The molecular weight excluding hydrogens is 527 g/mol. The Hall–Kier alpha value is -2.69. The molecule has 3 aromatic rings. The molecule has 2 amide bonds. The first-order valence-electron chi connectivity index (χ1n) is 13.4. The topological polar surface area (TPSA) is 61.4 Å². The van der Waals surface area contributed by atoms with E-state index in [2.05, 4.69) is 78.2 Å². The monoisotopic (exact) mass is 568 g/mol. The van der Waals surface area contributed by atoms with Crippen LogP contribution in [0.25, 0.3) is 0 Å². The largest absolute Gasteiger partial charge is 0.507 e. The Balaban J connectivity index is 1.73. The summed E-state index contributed by atoms with van der Waals surface area (Å²) < 4.78 is 0. The third kappa shape index (κ3) is 7.93. The Labute approximate surface area is 244 Å². The molecule has 0 fully saturated rings. The number of benzene rings is 3. The second-order valence-electron chi connectivity index (χ2n) is 13.0. The van der Waals surface area contributed by atoms with Crippen molar-refractivity contribution in [1.82, 2.24) is 5.32 Å². The summed E-state index contributed by atoms with van der Waals surface area (Å²) in [6, 6.07) is 17.4. The zero-order chi connectivity index (χ0) is 29.2. The minimum atomic E-state index is -0.334. The van der Waals surface area contributed by atoms with E-state index in [9.17, 15) is 9.90 Å². The summed E-state index contributed by atoms with van der Waals surface area (Å²) in [6.07, 6.45) is 1.54. The fourth-order valence-electron chi connectivity index (χ4n) is 4.61. The summed E-state index contributed by atoms with van der Waals surface area (Å²) >= 11 is 12.3. The molecule has 3 rings (SSSR count). The molecular formula is C33H42Cl2N2O2. The van der Waals surface area contributed by atoms with Gasteiger partial charge in [0, 0.05) is 17.6 Å². The van der Waals surface area contributed by atoms with Gasteiger partial charge in [0.15, 0.2) is 0 Å². The Morgan fingerprint density at radius 2 is 1.38 bits per heavy atom. The first kappa shape index (κ1) is 30.8. The first-order chi connectivity index (χ1) is 18.0. The maximum absolute atomic E-state index is 12.9. The Morgan fingerprint density at radius 3 is 1.95 bits per heavy atom. The number of hydrogen-bond acceptors (Lipinski definition) is 2. The number of urea groups is 1. The van der Waals surface area contributed by atoms with Crippen molar-refractivity contribution < 1.29 is 9.90 Å². The molecule has 39 heavy (non-hydrogen) atoms. The van der Waals surface area contributed by atoms with E-state index in [0.29, 0.717) is 22.3 Å². The van der Waals surface area contributed by atoms with E-state index in [1.54, 1.807) is 6.07 Å². The Kier molecular flexibility index (Phi) is 9.35. The number of halogens is 2. The van der Waals surface area contributed by atoms with Crippen LogP contribution in [0.2, 0.25) is 10.0 Å². The molecule has 0 aliphatic rings. The summed E-state index contributed by atoms with van der Waals surface area (Å²) in [5, 5.41) is 18.1. The van der Waals surface area contributed by atoms with Gasteiger partial charge < -0.3 is 15.7 Å². The smallest absolute Gasteiger partial charge is 0.319 e. The number of phenolic OH excluding ortho intramolecular Hbond substituents is 1. The zero-order valence-electron chi connectivity index (χ0n) is 24.4. The molecule has 0 saturated carbocycles. The van der Waals surface area contributed by atoms with Crippen molar-refractivity contribution in [2.24, 2.45) is 0 Å². The number of carbonyl (C=O) groups excluding carboxylic acids is 1. The van der Waals surface area contributed by atoms with Crippen molar-refractivity contribution in [1.29, 1.82) is 0 Å². The van der Waals surface area contributed by atoms with Crippen LogP contribution < -0.4 is 10.6 Å². The van der Waals surface area contributed by atoms with Crippen LogP contribution >= 0.6 is 23.2 Å². The predicted molar refractivity (Wildman–Crippen MR) is 166 cm³/mol. The van der Waals surface area contributed by atoms with Gasteiger partial charge in [0.2, 0.25) is 0 Å². The highest BCUT2D eigenvalue weighted by molar-refractivity contribution is 6.42. The molecule has 210 valence electrons. The van der Waals surface area contributed by atoms with Crippen molar-refractivity contribution in [3.8, 4) is 5.75 Å². The second-order valence-corrected chi connectivity index (χ2v) is 13.8.